The van der Waals surface area contributed by atoms with Crippen molar-refractivity contribution < 1.29 is 9.59 Å². The largest absolute Gasteiger partial charge is 0.349 e. The second-order valence-corrected chi connectivity index (χ2v) is 6.65. The summed E-state index contributed by atoms with van der Waals surface area (Å²) in [5.74, 6) is -0.190. The molecule has 0 aromatic heterocycles. The van der Waals surface area contributed by atoms with Gasteiger partial charge in [-0.1, -0.05) is 12.1 Å². The van der Waals surface area contributed by atoms with E-state index in [1.807, 2.05) is 31.2 Å². The lowest BCUT2D eigenvalue weighted by molar-refractivity contribution is -0.117. The summed E-state index contributed by atoms with van der Waals surface area (Å²) < 4.78 is 0. The molecule has 1 atom stereocenters. The van der Waals surface area contributed by atoms with Gasteiger partial charge in [0.1, 0.15) is 0 Å². The standard InChI is InChI=1S/C19H28N4O2/c1-15(14-23-12-10-22(3)11-13-23)20-19(25)9-6-17-4-7-18(8-5-17)21-16(2)24/h4-9,15H,10-14H2,1-3H3,(H,20,25)(H,21,24). The van der Waals surface area contributed by atoms with Crippen LogP contribution >= 0.6 is 0 Å². The SMILES string of the molecule is CC(=O)Nc1ccc(C=CC(=O)NC(C)CN2CCN(C)CC2)cc1. The van der Waals surface area contributed by atoms with E-state index in [4.69, 9.17) is 0 Å². The molecule has 1 aliphatic heterocycles. The zero-order chi connectivity index (χ0) is 18.2. The highest BCUT2D eigenvalue weighted by molar-refractivity contribution is 5.92. The lowest BCUT2D eigenvalue weighted by atomic mass is 10.2. The maximum absolute atomic E-state index is 12.1. The predicted octanol–water partition coefficient (Wildman–Crippen LogP) is 1.41. The van der Waals surface area contributed by atoms with Gasteiger partial charge in [-0.25, -0.2) is 0 Å². The quantitative estimate of drug-likeness (QED) is 0.766. The number of carbonyl (C=O) groups excluding carboxylic acids is 2. The first-order chi connectivity index (χ1) is 11.9. The molecular weight excluding hydrogens is 316 g/mol. The van der Waals surface area contributed by atoms with Gasteiger partial charge in [0, 0.05) is 57.5 Å². The smallest absolute Gasteiger partial charge is 0.244 e. The summed E-state index contributed by atoms with van der Waals surface area (Å²) in [4.78, 5) is 27.7. The number of hydrogen-bond acceptors (Lipinski definition) is 4. The normalized spacial score (nSPS) is 17.4. The van der Waals surface area contributed by atoms with Gasteiger partial charge >= 0.3 is 0 Å². The van der Waals surface area contributed by atoms with Gasteiger partial charge in [-0.15, -0.1) is 0 Å². The summed E-state index contributed by atoms with van der Waals surface area (Å²) in [7, 11) is 2.13. The van der Waals surface area contributed by atoms with E-state index in [1.54, 1.807) is 12.2 Å². The zero-order valence-electron chi connectivity index (χ0n) is 15.3. The lowest BCUT2D eigenvalue weighted by Crippen LogP contribution is -2.49. The third-order valence-corrected chi connectivity index (χ3v) is 4.17. The van der Waals surface area contributed by atoms with Gasteiger partial charge in [-0.3, -0.25) is 14.5 Å². The molecule has 0 aliphatic carbocycles. The van der Waals surface area contributed by atoms with Crippen molar-refractivity contribution >= 4 is 23.6 Å². The van der Waals surface area contributed by atoms with Crippen LogP contribution in [-0.4, -0.2) is 67.4 Å². The van der Waals surface area contributed by atoms with Crippen molar-refractivity contribution in [2.75, 3.05) is 45.1 Å². The fourth-order valence-corrected chi connectivity index (χ4v) is 2.81. The summed E-state index contributed by atoms with van der Waals surface area (Å²) in [6, 6.07) is 7.47. The Bertz CT molecular complexity index is 604. The minimum absolute atomic E-state index is 0.0902. The van der Waals surface area contributed by atoms with Crippen LogP contribution in [0, 0.1) is 0 Å². The van der Waals surface area contributed by atoms with Crippen LogP contribution < -0.4 is 10.6 Å². The minimum Gasteiger partial charge on any atom is -0.349 e. The maximum atomic E-state index is 12.1. The van der Waals surface area contributed by atoms with Crippen LogP contribution in [0.25, 0.3) is 6.08 Å². The van der Waals surface area contributed by atoms with Crippen LogP contribution in [0.15, 0.2) is 30.3 Å². The molecule has 136 valence electrons. The van der Waals surface area contributed by atoms with E-state index in [1.165, 1.54) is 6.92 Å². The molecule has 1 aromatic rings. The molecule has 1 fully saturated rings. The zero-order valence-corrected chi connectivity index (χ0v) is 15.3. The van der Waals surface area contributed by atoms with E-state index in [0.29, 0.717) is 0 Å². The minimum atomic E-state index is -0.1000. The fourth-order valence-electron chi connectivity index (χ4n) is 2.81. The molecule has 1 heterocycles. The summed E-state index contributed by atoms with van der Waals surface area (Å²) in [6.07, 6.45) is 3.32. The van der Waals surface area contributed by atoms with Crippen LogP contribution in [0.3, 0.4) is 0 Å². The highest BCUT2D eigenvalue weighted by Crippen LogP contribution is 2.10. The van der Waals surface area contributed by atoms with E-state index in [9.17, 15) is 9.59 Å². The molecule has 2 N–H and O–H groups in total. The van der Waals surface area contributed by atoms with Gasteiger partial charge in [-0.2, -0.15) is 0 Å². The Hall–Kier alpha value is -2.18. The van der Waals surface area contributed by atoms with Crippen molar-refractivity contribution in [3.8, 4) is 0 Å². The van der Waals surface area contributed by atoms with E-state index in [-0.39, 0.29) is 17.9 Å². The Balaban J connectivity index is 1.76. The number of amides is 2. The van der Waals surface area contributed by atoms with Gasteiger partial charge in [0.2, 0.25) is 11.8 Å². The van der Waals surface area contributed by atoms with Crippen LogP contribution in [0.4, 0.5) is 5.69 Å². The molecular formula is C19H28N4O2. The number of carbonyl (C=O) groups is 2. The molecule has 2 rings (SSSR count). The summed E-state index contributed by atoms with van der Waals surface area (Å²) in [5.41, 5.74) is 1.66. The second-order valence-electron chi connectivity index (χ2n) is 6.65. The third kappa shape index (κ3) is 7.07. The highest BCUT2D eigenvalue weighted by Gasteiger charge is 2.16. The Kier molecular flexibility index (Phi) is 7.16. The lowest BCUT2D eigenvalue weighted by Gasteiger charge is -2.33. The van der Waals surface area contributed by atoms with Crippen molar-refractivity contribution in [1.82, 2.24) is 15.1 Å². The van der Waals surface area contributed by atoms with Crippen LogP contribution in [-0.2, 0) is 9.59 Å². The van der Waals surface area contributed by atoms with Crippen LogP contribution in [0.5, 0.6) is 0 Å². The molecule has 0 spiro atoms. The number of piperazine rings is 1. The monoisotopic (exact) mass is 344 g/mol. The van der Waals surface area contributed by atoms with Crippen molar-refractivity contribution in [2.24, 2.45) is 0 Å². The number of likely N-dealkylation sites (N-methyl/N-ethyl adjacent to an activating group) is 1. The Morgan fingerprint density at radius 2 is 1.80 bits per heavy atom. The van der Waals surface area contributed by atoms with E-state index in [0.717, 1.165) is 44.0 Å². The van der Waals surface area contributed by atoms with Crippen molar-refractivity contribution in [3.63, 3.8) is 0 Å². The molecule has 1 unspecified atom stereocenters. The average Bonchev–Trinajstić information content (AvgIpc) is 2.56. The molecule has 1 saturated heterocycles. The molecule has 0 bridgehead atoms. The number of nitrogens with zero attached hydrogens (tertiary/aromatic N) is 2. The molecule has 1 aromatic carbocycles. The summed E-state index contributed by atoms with van der Waals surface area (Å²) >= 11 is 0. The van der Waals surface area contributed by atoms with E-state index < -0.39 is 0 Å². The van der Waals surface area contributed by atoms with Crippen molar-refractivity contribution in [1.29, 1.82) is 0 Å². The molecule has 6 heteroatoms. The number of anilines is 1. The maximum Gasteiger partial charge on any atom is 0.244 e. The van der Waals surface area contributed by atoms with Crippen LogP contribution in [0.2, 0.25) is 0 Å². The van der Waals surface area contributed by atoms with Gasteiger partial charge in [0.05, 0.1) is 0 Å². The molecule has 6 nitrogen and oxygen atoms in total. The first-order valence-electron chi connectivity index (χ1n) is 8.69. The number of benzene rings is 1. The Morgan fingerprint density at radius 1 is 1.16 bits per heavy atom. The Morgan fingerprint density at radius 3 is 2.40 bits per heavy atom. The average molecular weight is 344 g/mol. The van der Waals surface area contributed by atoms with E-state index >= 15 is 0 Å². The number of nitrogens with one attached hydrogen (secondary N) is 2. The molecule has 0 saturated carbocycles. The molecule has 2 amide bonds. The highest BCUT2D eigenvalue weighted by atomic mass is 16.2. The van der Waals surface area contributed by atoms with Gasteiger partial charge in [-0.05, 0) is 37.7 Å². The van der Waals surface area contributed by atoms with Crippen LogP contribution in [0.1, 0.15) is 19.4 Å². The first kappa shape index (κ1) is 19.1. The number of rotatable bonds is 6. The molecule has 25 heavy (non-hydrogen) atoms. The second kappa shape index (κ2) is 9.34. The van der Waals surface area contributed by atoms with Gasteiger partial charge < -0.3 is 15.5 Å². The molecule has 1 aliphatic rings. The van der Waals surface area contributed by atoms with Crippen molar-refractivity contribution in [3.05, 3.63) is 35.9 Å². The fraction of sp³-hybridized carbons (Fsp3) is 0.474. The first-order valence-corrected chi connectivity index (χ1v) is 8.69. The number of hydrogen-bond donors (Lipinski definition) is 2. The van der Waals surface area contributed by atoms with Gasteiger partial charge in [0.15, 0.2) is 0 Å². The van der Waals surface area contributed by atoms with Gasteiger partial charge in [0.25, 0.3) is 0 Å². The van der Waals surface area contributed by atoms with Crippen molar-refractivity contribution in [2.45, 2.75) is 19.9 Å². The summed E-state index contributed by atoms with van der Waals surface area (Å²) in [6.45, 7) is 8.64. The Labute approximate surface area is 149 Å². The summed E-state index contributed by atoms with van der Waals surface area (Å²) in [5, 5.41) is 5.72. The topological polar surface area (TPSA) is 64.7 Å². The molecule has 0 radical (unpaired) electrons. The predicted molar refractivity (Wildman–Crippen MR) is 101 cm³/mol. The third-order valence-electron chi connectivity index (χ3n) is 4.17. The van der Waals surface area contributed by atoms with E-state index in [2.05, 4.69) is 27.5 Å².